The molecule has 154 valence electrons. The quantitative estimate of drug-likeness (QED) is 0.520. The molecule has 0 saturated carbocycles. The maximum absolute atomic E-state index is 12.6. The van der Waals surface area contributed by atoms with Crippen LogP contribution in [0.25, 0.3) is 0 Å². The number of methoxy groups -OCH3 is 1. The third-order valence-electron chi connectivity index (χ3n) is 4.36. The van der Waals surface area contributed by atoms with E-state index >= 15 is 0 Å². The standard InChI is InChI=1S/C22H24ClNO5/c1-13(2)19(24-21(26)17-7-5-6-8-18(17)23)22(27)29-14(3)20(25)15-9-11-16(28-4)12-10-15/h5-14,19H,1-4H3,(H,24,26)/t14-,19-/m0/s1. The minimum Gasteiger partial charge on any atom is -0.497 e. The van der Waals surface area contributed by atoms with Crippen molar-refractivity contribution >= 4 is 29.3 Å². The number of rotatable bonds is 8. The molecule has 0 radical (unpaired) electrons. The van der Waals surface area contributed by atoms with E-state index in [1.807, 2.05) is 0 Å². The van der Waals surface area contributed by atoms with Gasteiger partial charge in [0.05, 0.1) is 17.7 Å². The third kappa shape index (κ3) is 5.81. The summed E-state index contributed by atoms with van der Waals surface area (Å²) in [5, 5.41) is 2.93. The molecular weight excluding hydrogens is 394 g/mol. The van der Waals surface area contributed by atoms with Crippen LogP contribution in [-0.2, 0) is 9.53 Å². The van der Waals surface area contributed by atoms with Gasteiger partial charge in [-0.3, -0.25) is 9.59 Å². The fourth-order valence-electron chi connectivity index (χ4n) is 2.65. The maximum atomic E-state index is 12.6. The van der Waals surface area contributed by atoms with Crippen molar-refractivity contribution in [3.63, 3.8) is 0 Å². The molecule has 0 aliphatic carbocycles. The zero-order chi connectivity index (χ0) is 21.6. The summed E-state index contributed by atoms with van der Waals surface area (Å²) < 4.78 is 10.4. The Balaban J connectivity index is 2.07. The first-order valence-electron chi connectivity index (χ1n) is 9.18. The number of carbonyl (C=O) groups is 3. The molecule has 0 aliphatic rings. The number of hydrogen-bond donors (Lipinski definition) is 1. The number of Topliss-reactive ketones (excluding diaryl/α,β-unsaturated/α-hetero) is 1. The summed E-state index contributed by atoms with van der Waals surface area (Å²) in [4.78, 5) is 37.7. The van der Waals surface area contributed by atoms with E-state index in [2.05, 4.69) is 5.32 Å². The van der Waals surface area contributed by atoms with Gasteiger partial charge in [-0.2, -0.15) is 0 Å². The summed E-state index contributed by atoms with van der Waals surface area (Å²) in [6, 6.07) is 12.1. The summed E-state index contributed by atoms with van der Waals surface area (Å²) in [7, 11) is 1.53. The lowest BCUT2D eigenvalue weighted by Gasteiger charge is -2.23. The average Bonchev–Trinajstić information content (AvgIpc) is 2.71. The van der Waals surface area contributed by atoms with E-state index in [-0.39, 0.29) is 22.3 Å². The van der Waals surface area contributed by atoms with E-state index in [1.54, 1.807) is 62.4 Å². The van der Waals surface area contributed by atoms with Gasteiger partial charge in [-0.05, 0) is 49.2 Å². The Labute approximate surface area is 175 Å². The number of halogens is 1. The van der Waals surface area contributed by atoms with Crippen LogP contribution >= 0.6 is 11.6 Å². The number of carbonyl (C=O) groups excluding carboxylic acids is 3. The lowest BCUT2D eigenvalue weighted by atomic mass is 10.0. The predicted octanol–water partition coefficient (Wildman–Crippen LogP) is 3.92. The average molecular weight is 418 g/mol. The molecule has 0 heterocycles. The highest BCUT2D eigenvalue weighted by atomic mass is 35.5. The van der Waals surface area contributed by atoms with E-state index in [9.17, 15) is 14.4 Å². The first kappa shape index (κ1) is 22.4. The van der Waals surface area contributed by atoms with Crippen molar-refractivity contribution in [2.45, 2.75) is 32.9 Å². The van der Waals surface area contributed by atoms with Crippen molar-refractivity contribution < 1.29 is 23.9 Å². The Morgan fingerprint density at radius 3 is 2.14 bits per heavy atom. The number of ether oxygens (including phenoxy) is 2. The van der Waals surface area contributed by atoms with Gasteiger partial charge in [0, 0.05) is 5.56 Å². The summed E-state index contributed by atoms with van der Waals surface area (Å²) in [5.41, 5.74) is 0.655. The van der Waals surface area contributed by atoms with Crippen molar-refractivity contribution in [3.05, 3.63) is 64.7 Å². The van der Waals surface area contributed by atoms with E-state index in [0.717, 1.165) is 0 Å². The van der Waals surface area contributed by atoms with Gasteiger partial charge < -0.3 is 14.8 Å². The van der Waals surface area contributed by atoms with Gasteiger partial charge in [0.15, 0.2) is 6.10 Å². The molecule has 0 aromatic heterocycles. The fraction of sp³-hybridized carbons (Fsp3) is 0.318. The first-order valence-corrected chi connectivity index (χ1v) is 9.56. The summed E-state index contributed by atoms with van der Waals surface area (Å²) >= 11 is 6.05. The smallest absolute Gasteiger partial charge is 0.329 e. The largest absolute Gasteiger partial charge is 0.497 e. The van der Waals surface area contributed by atoms with Crippen LogP contribution in [0, 0.1) is 5.92 Å². The van der Waals surface area contributed by atoms with E-state index < -0.39 is 24.0 Å². The predicted molar refractivity (Wildman–Crippen MR) is 110 cm³/mol. The first-order chi connectivity index (χ1) is 13.7. The van der Waals surface area contributed by atoms with Gasteiger partial charge in [-0.1, -0.05) is 37.6 Å². The molecule has 0 aliphatic heterocycles. The molecule has 6 nitrogen and oxygen atoms in total. The van der Waals surface area contributed by atoms with Crippen LogP contribution < -0.4 is 10.1 Å². The molecule has 1 amide bonds. The molecule has 2 aromatic carbocycles. The number of hydrogen-bond acceptors (Lipinski definition) is 5. The van der Waals surface area contributed by atoms with Gasteiger partial charge in [-0.25, -0.2) is 4.79 Å². The molecule has 0 unspecified atom stereocenters. The molecule has 1 N–H and O–H groups in total. The van der Waals surface area contributed by atoms with Crippen molar-refractivity contribution in [2.75, 3.05) is 7.11 Å². The second-order valence-corrected chi connectivity index (χ2v) is 7.25. The highest BCUT2D eigenvalue weighted by Gasteiger charge is 2.30. The Morgan fingerprint density at radius 2 is 1.59 bits per heavy atom. The van der Waals surface area contributed by atoms with Crippen LogP contribution in [0.5, 0.6) is 5.75 Å². The molecule has 2 rings (SSSR count). The Kier molecular flexibility index (Phi) is 7.79. The van der Waals surface area contributed by atoms with Crippen LogP contribution in [-0.4, -0.2) is 36.9 Å². The monoisotopic (exact) mass is 417 g/mol. The van der Waals surface area contributed by atoms with Crippen LogP contribution in [0.15, 0.2) is 48.5 Å². The SMILES string of the molecule is COc1ccc(C(=O)[C@H](C)OC(=O)[C@@H](NC(=O)c2ccccc2Cl)C(C)C)cc1. The van der Waals surface area contributed by atoms with Crippen molar-refractivity contribution in [1.82, 2.24) is 5.32 Å². The second-order valence-electron chi connectivity index (χ2n) is 6.85. The van der Waals surface area contributed by atoms with E-state index in [4.69, 9.17) is 21.1 Å². The zero-order valence-electron chi connectivity index (χ0n) is 16.8. The fourth-order valence-corrected chi connectivity index (χ4v) is 2.87. The molecule has 0 spiro atoms. The van der Waals surface area contributed by atoms with Gasteiger partial charge in [0.2, 0.25) is 5.78 Å². The highest BCUT2D eigenvalue weighted by Crippen LogP contribution is 2.17. The molecule has 0 saturated heterocycles. The minimum absolute atomic E-state index is 0.253. The number of amides is 1. The normalized spacial score (nSPS) is 12.8. The number of esters is 1. The van der Waals surface area contributed by atoms with Crippen LogP contribution in [0.3, 0.4) is 0 Å². The molecule has 2 atom stereocenters. The molecule has 2 aromatic rings. The Morgan fingerprint density at radius 1 is 0.966 bits per heavy atom. The lowest BCUT2D eigenvalue weighted by molar-refractivity contribution is -0.149. The van der Waals surface area contributed by atoms with Crippen LogP contribution in [0.4, 0.5) is 0 Å². The van der Waals surface area contributed by atoms with Crippen LogP contribution in [0.2, 0.25) is 5.02 Å². The molecular formula is C22H24ClNO5. The third-order valence-corrected chi connectivity index (χ3v) is 4.69. The Hall–Kier alpha value is -2.86. The van der Waals surface area contributed by atoms with Crippen molar-refractivity contribution in [3.8, 4) is 5.75 Å². The summed E-state index contributed by atoms with van der Waals surface area (Å²) in [6.45, 7) is 5.04. The van der Waals surface area contributed by atoms with E-state index in [0.29, 0.717) is 11.3 Å². The summed E-state index contributed by atoms with van der Waals surface area (Å²) in [5.74, 6) is -1.15. The molecule has 7 heteroatoms. The second kappa shape index (κ2) is 10.1. The van der Waals surface area contributed by atoms with Crippen molar-refractivity contribution in [2.24, 2.45) is 5.92 Å². The van der Waals surface area contributed by atoms with Gasteiger partial charge >= 0.3 is 5.97 Å². The number of ketones is 1. The van der Waals surface area contributed by atoms with Crippen LogP contribution in [0.1, 0.15) is 41.5 Å². The maximum Gasteiger partial charge on any atom is 0.329 e. The topological polar surface area (TPSA) is 81.7 Å². The molecule has 0 fully saturated rings. The van der Waals surface area contributed by atoms with Gasteiger partial charge in [-0.15, -0.1) is 0 Å². The Bertz CT molecular complexity index is 879. The summed E-state index contributed by atoms with van der Waals surface area (Å²) in [6.07, 6.45) is -1.01. The van der Waals surface area contributed by atoms with Gasteiger partial charge in [0.25, 0.3) is 5.91 Å². The molecule has 0 bridgehead atoms. The zero-order valence-corrected chi connectivity index (χ0v) is 17.5. The number of nitrogens with one attached hydrogen (secondary N) is 1. The number of benzene rings is 2. The minimum atomic E-state index is -1.01. The highest BCUT2D eigenvalue weighted by molar-refractivity contribution is 6.33. The lowest BCUT2D eigenvalue weighted by Crippen LogP contribution is -2.46. The van der Waals surface area contributed by atoms with E-state index in [1.165, 1.54) is 14.0 Å². The van der Waals surface area contributed by atoms with Crippen molar-refractivity contribution in [1.29, 1.82) is 0 Å². The van der Waals surface area contributed by atoms with Gasteiger partial charge in [0.1, 0.15) is 11.8 Å². The molecule has 29 heavy (non-hydrogen) atoms.